The number of aliphatic hydroxyl groups excluding tert-OH is 1. The Kier molecular flexibility index (Phi) is 4.12. The number of carbonyl (C=O) groups is 1. The number of nitrogens with one attached hydrogen (secondary N) is 1. The molecule has 1 aromatic rings. The number of hydrogen-bond acceptors (Lipinski definition) is 3. The summed E-state index contributed by atoms with van der Waals surface area (Å²) in [5.41, 5.74) is 0. The summed E-state index contributed by atoms with van der Waals surface area (Å²) in [4.78, 5) is 11.3. The standard InChI is InChI=1S/C9H15N3O2/c1-8(3-6-13)11-9(14)7-12-5-2-4-10-12/h2,4-5,8,13H,3,6-7H2,1H3,(H,11,14). The molecule has 2 N–H and O–H groups in total. The average Bonchev–Trinajstić information content (AvgIpc) is 2.56. The predicted octanol–water partition coefficient (Wildman–Crippen LogP) is -0.230. The van der Waals surface area contributed by atoms with Gasteiger partial charge in [0.1, 0.15) is 6.54 Å². The lowest BCUT2D eigenvalue weighted by atomic mass is 10.2. The summed E-state index contributed by atoms with van der Waals surface area (Å²) in [6.45, 7) is 2.17. The lowest BCUT2D eigenvalue weighted by Crippen LogP contribution is -2.35. The fourth-order valence-electron chi connectivity index (χ4n) is 1.13. The van der Waals surface area contributed by atoms with Gasteiger partial charge in [0.05, 0.1) is 0 Å². The number of nitrogens with zero attached hydrogens (tertiary/aromatic N) is 2. The van der Waals surface area contributed by atoms with Gasteiger partial charge in [0.25, 0.3) is 0 Å². The maximum atomic E-state index is 11.3. The molecule has 1 heterocycles. The van der Waals surface area contributed by atoms with Gasteiger partial charge >= 0.3 is 0 Å². The second kappa shape index (κ2) is 5.39. The Morgan fingerprint density at radius 3 is 3.07 bits per heavy atom. The monoisotopic (exact) mass is 197 g/mol. The van der Waals surface area contributed by atoms with Crippen LogP contribution in [0.2, 0.25) is 0 Å². The number of hydrogen-bond donors (Lipinski definition) is 2. The van der Waals surface area contributed by atoms with Crippen molar-refractivity contribution in [3.8, 4) is 0 Å². The van der Waals surface area contributed by atoms with Crippen LogP contribution in [0.3, 0.4) is 0 Å². The van der Waals surface area contributed by atoms with Crippen LogP contribution in [-0.4, -0.2) is 33.4 Å². The summed E-state index contributed by atoms with van der Waals surface area (Å²) in [5, 5.41) is 15.3. The van der Waals surface area contributed by atoms with Gasteiger partial charge in [0.2, 0.25) is 5.91 Å². The van der Waals surface area contributed by atoms with E-state index in [2.05, 4.69) is 10.4 Å². The van der Waals surface area contributed by atoms with Gasteiger partial charge in [-0.3, -0.25) is 9.48 Å². The lowest BCUT2D eigenvalue weighted by Gasteiger charge is -2.11. The Labute approximate surface area is 82.7 Å². The normalized spacial score (nSPS) is 12.4. The predicted molar refractivity (Wildman–Crippen MR) is 51.5 cm³/mol. The Balaban J connectivity index is 2.29. The first-order chi connectivity index (χ1) is 6.72. The van der Waals surface area contributed by atoms with Gasteiger partial charge in [0.15, 0.2) is 0 Å². The molecule has 0 saturated heterocycles. The van der Waals surface area contributed by atoms with Gasteiger partial charge in [-0.2, -0.15) is 5.10 Å². The first-order valence-electron chi connectivity index (χ1n) is 4.60. The molecule has 1 unspecified atom stereocenters. The third-order valence-corrected chi connectivity index (χ3v) is 1.83. The first-order valence-corrected chi connectivity index (χ1v) is 4.60. The summed E-state index contributed by atoms with van der Waals surface area (Å²) in [6, 6.07) is 1.77. The molecule has 0 spiro atoms. The Morgan fingerprint density at radius 1 is 1.71 bits per heavy atom. The van der Waals surface area contributed by atoms with Crippen LogP contribution in [0.4, 0.5) is 0 Å². The fourth-order valence-corrected chi connectivity index (χ4v) is 1.13. The van der Waals surface area contributed by atoms with Gasteiger partial charge in [-0.05, 0) is 19.4 Å². The van der Waals surface area contributed by atoms with Crippen LogP contribution in [0.15, 0.2) is 18.5 Å². The van der Waals surface area contributed by atoms with Crippen LogP contribution in [0, 0.1) is 0 Å². The van der Waals surface area contributed by atoms with Crippen molar-refractivity contribution in [2.45, 2.75) is 25.9 Å². The molecular formula is C9H15N3O2. The highest BCUT2D eigenvalue weighted by Gasteiger charge is 2.06. The van der Waals surface area contributed by atoms with Crippen molar-refractivity contribution in [3.63, 3.8) is 0 Å². The molecular weight excluding hydrogens is 182 g/mol. The fraction of sp³-hybridized carbons (Fsp3) is 0.556. The van der Waals surface area contributed by atoms with E-state index in [0.29, 0.717) is 6.42 Å². The zero-order chi connectivity index (χ0) is 10.4. The number of amides is 1. The molecule has 1 atom stereocenters. The average molecular weight is 197 g/mol. The van der Waals surface area contributed by atoms with E-state index >= 15 is 0 Å². The Hall–Kier alpha value is -1.36. The lowest BCUT2D eigenvalue weighted by molar-refractivity contribution is -0.122. The van der Waals surface area contributed by atoms with Crippen LogP contribution < -0.4 is 5.32 Å². The van der Waals surface area contributed by atoms with E-state index in [4.69, 9.17) is 5.11 Å². The number of carbonyl (C=O) groups excluding carboxylic acids is 1. The van der Waals surface area contributed by atoms with Crippen molar-refractivity contribution in [1.82, 2.24) is 15.1 Å². The van der Waals surface area contributed by atoms with Crippen molar-refractivity contribution in [2.75, 3.05) is 6.61 Å². The van der Waals surface area contributed by atoms with E-state index in [-0.39, 0.29) is 25.1 Å². The van der Waals surface area contributed by atoms with E-state index in [1.54, 1.807) is 23.1 Å². The highest BCUT2D eigenvalue weighted by atomic mass is 16.3. The molecule has 0 saturated carbocycles. The van der Waals surface area contributed by atoms with E-state index < -0.39 is 0 Å². The molecule has 0 aliphatic carbocycles. The van der Waals surface area contributed by atoms with Crippen LogP contribution in [0.1, 0.15) is 13.3 Å². The molecule has 5 nitrogen and oxygen atoms in total. The maximum Gasteiger partial charge on any atom is 0.241 e. The van der Waals surface area contributed by atoms with Crippen molar-refractivity contribution in [2.24, 2.45) is 0 Å². The smallest absolute Gasteiger partial charge is 0.241 e. The van der Waals surface area contributed by atoms with Crippen molar-refractivity contribution in [3.05, 3.63) is 18.5 Å². The molecule has 0 aromatic carbocycles. The van der Waals surface area contributed by atoms with Crippen LogP contribution in [0.5, 0.6) is 0 Å². The second-order valence-corrected chi connectivity index (χ2v) is 3.18. The first kappa shape index (κ1) is 10.7. The van der Waals surface area contributed by atoms with Gasteiger partial charge in [-0.1, -0.05) is 0 Å². The zero-order valence-corrected chi connectivity index (χ0v) is 8.18. The summed E-state index contributed by atoms with van der Waals surface area (Å²) in [5.74, 6) is -0.0883. The largest absolute Gasteiger partial charge is 0.396 e. The SMILES string of the molecule is CC(CCO)NC(=O)Cn1cccn1. The molecule has 1 rings (SSSR count). The summed E-state index contributed by atoms with van der Waals surface area (Å²) in [7, 11) is 0. The summed E-state index contributed by atoms with van der Waals surface area (Å²) >= 11 is 0. The van der Waals surface area contributed by atoms with Gasteiger partial charge in [-0.15, -0.1) is 0 Å². The molecule has 1 amide bonds. The Morgan fingerprint density at radius 2 is 2.50 bits per heavy atom. The summed E-state index contributed by atoms with van der Waals surface area (Å²) in [6.07, 6.45) is 3.94. The van der Waals surface area contributed by atoms with Crippen molar-refractivity contribution in [1.29, 1.82) is 0 Å². The van der Waals surface area contributed by atoms with E-state index in [9.17, 15) is 4.79 Å². The minimum Gasteiger partial charge on any atom is -0.396 e. The number of aromatic nitrogens is 2. The van der Waals surface area contributed by atoms with Gasteiger partial charge in [0, 0.05) is 25.0 Å². The van der Waals surface area contributed by atoms with Crippen LogP contribution >= 0.6 is 0 Å². The highest BCUT2D eigenvalue weighted by Crippen LogP contribution is 1.90. The second-order valence-electron chi connectivity index (χ2n) is 3.18. The molecule has 0 fully saturated rings. The third-order valence-electron chi connectivity index (χ3n) is 1.83. The van der Waals surface area contributed by atoms with Gasteiger partial charge in [-0.25, -0.2) is 0 Å². The van der Waals surface area contributed by atoms with Gasteiger partial charge < -0.3 is 10.4 Å². The molecule has 0 radical (unpaired) electrons. The zero-order valence-electron chi connectivity index (χ0n) is 8.18. The molecule has 78 valence electrons. The molecule has 1 aromatic heterocycles. The van der Waals surface area contributed by atoms with Crippen molar-refractivity contribution >= 4 is 5.91 Å². The molecule has 0 aliphatic rings. The molecule has 0 bridgehead atoms. The molecule has 5 heteroatoms. The summed E-state index contributed by atoms with van der Waals surface area (Å²) < 4.78 is 1.56. The number of rotatable bonds is 5. The van der Waals surface area contributed by atoms with E-state index in [0.717, 1.165) is 0 Å². The van der Waals surface area contributed by atoms with Crippen LogP contribution in [0.25, 0.3) is 0 Å². The van der Waals surface area contributed by atoms with Crippen LogP contribution in [-0.2, 0) is 11.3 Å². The third kappa shape index (κ3) is 3.57. The molecule has 0 aliphatic heterocycles. The maximum absolute atomic E-state index is 11.3. The molecule has 14 heavy (non-hydrogen) atoms. The minimum atomic E-state index is -0.0883. The van der Waals surface area contributed by atoms with E-state index in [1.807, 2.05) is 6.92 Å². The van der Waals surface area contributed by atoms with E-state index in [1.165, 1.54) is 0 Å². The van der Waals surface area contributed by atoms with Crippen molar-refractivity contribution < 1.29 is 9.90 Å². The topological polar surface area (TPSA) is 67.2 Å². The highest BCUT2D eigenvalue weighted by molar-refractivity contribution is 5.75. The quantitative estimate of drug-likeness (QED) is 0.685. The Bertz CT molecular complexity index is 272. The number of aliphatic hydroxyl groups is 1. The minimum absolute atomic E-state index is 0.00284.